The van der Waals surface area contributed by atoms with Crippen molar-refractivity contribution in [3.8, 4) is 0 Å². The summed E-state index contributed by atoms with van der Waals surface area (Å²) < 4.78 is 0. The van der Waals surface area contributed by atoms with E-state index in [1.54, 1.807) is 18.2 Å². The average Bonchev–Trinajstić information content (AvgIpc) is 3.30. The summed E-state index contributed by atoms with van der Waals surface area (Å²) in [5, 5.41) is 4.07. The van der Waals surface area contributed by atoms with Crippen molar-refractivity contribution in [3.05, 3.63) is 63.0 Å². The molecular formula is C20H17Cl2N3OS. The molecule has 4 rings (SSSR count). The topological polar surface area (TPSA) is 44.7 Å². The molecule has 0 spiro atoms. The summed E-state index contributed by atoms with van der Waals surface area (Å²) in [6.45, 7) is 2.23. The molecule has 0 aliphatic carbocycles. The van der Waals surface area contributed by atoms with E-state index in [0.717, 1.165) is 18.7 Å². The Hall–Kier alpha value is -1.95. The fraction of sp³-hybridized carbons (Fsp3) is 0.200. The van der Waals surface area contributed by atoms with E-state index < -0.39 is 0 Å². The van der Waals surface area contributed by atoms with Crippen LogP contribution in [0.25, 0.3) is 6.08 Å². The summed E-state index contributed by atoms with van der Waals surface area (Å²) in [5.41, 5.74) is 2.75. The Morgan fingerprint density at radius 3 is 2.56 bits per heavy atom. The summed E-state index contributed by atoms with van der Waals surface area (Å²) in [6, 6.07) is 13.5. The number of hydrogen-bond donors (Lipinski definition) is 1. The van der Waals surface area contributed by atoms with Gasteiger partial charge < -0.3 is 10.2 Å². The Morgan fingerprint density at radius 1 is 1.07 bits per heavy atom. The lowest BCUT2D eigenvalue weighted by Gasteiger charge is -2.17. The third-order valence-corrected chi connectivity index (χ3v) is 6.18. The molecule has 0 saturated carbocycles. The molecule has 2 aliphatic rings. The summed E-state index contributed by atoms with van der Waals surface area (Å²) >= 11 is 13.5. The minimum atomic E-state index is -0.166. The maximum Gasteiger partial charge on any atom is 0.264 e. The molecule has 2 aliphatic heterocycles. The van der Waals surface area contributed by atoms with Crippen LogP contribution >= 0.6 is 35.0 Å². The van der Waals surface area contributed by atoms with Gasteiger partial charge in [-0.05, 0) is 60.5 Å². The Kier molecular flexibility index (Phi) is 5.43. The number of halogens is 2. The SMILES string of the molecule is O=C1NC(=Nc2cccc(Cl)c2Cl)S/C1=C\c1ccc(N2CCCC2)cc1. The van der Waals surface area contributed by atoms with Gasteiger partial charge in [-0.15, -0.1) is 0 Å². The highest BCUT2D eigenvalue weighted by atomic mass is 35.5. The molecule has 0 unspecified atom stereocenters. The number of amides is 1. The van der Waals surface area contributed by atoms with Crippen LogP contribution in [0.15, 0.2) is 52.4 Å². The molecule has 0 radical (unpaired) electrons. The molecule has 1 amide bonds. The van der Waals surface area contributed by atoms with E-state index in [2.05, 4.69) is 27.3 Å². The normalized spacial score (nSPS) is 19.9. The number of benzene rings is 2. The quantitative estimate of drug-likeness (QED) is 0.671. The molecule has 2 aromatic rings. The van der Waals surface area contributed by atoms with Gasteiger partial charge >= 0.3 is 0 Å². The van der Waals surface area contributed by atoms with Gasteiger partial charge in [-0.25, -0.2) is 4.99 Å². The number of hydrogen-bond acceptors (Lipinski definition) is 4. The van der Waals surface area contributed by atoms with Crippen LogP contribution in [-0.2, 0) is 4.79 Å². The number of nitrogens with one attached hydrogen (secondary N) is 1. The molecule has 0 atom stereocenters. The number of rotatable bonds is 3. The number of nitrogens with zero attached hydrogens (tertiary/aromatic N) is 2. The molecular weight excluding hydrogens is 401 g/mol. The van der Waals surface area contributed by atoms with Crippen LogP contribution in [0, 0.1) is 0 Å². The molecule has 27 heavy (non-hydrogen) atoms. The van der Waals surface area contributed by atoms with E-state index in [4.69, 9.17) is 23.2 Å². The maximum absolute atomic E-state index is 12.3. The van der Waals surface area contributed by atoms with E-state index in [9.17, 15) is 4.79 Å². The molecule has 2 aromatic carbocycles. The van der Waals surface area contributed by atoms with Crippen LogP contribution in [0.5, 0.6) is 0 Å². The van der Waals surface area contributed by atoms with Crippen LogP contribution < -0.4 is 10.2 Å². The molecule has 0 bridgehead atoms. The number of carbonyl (C=O) groups is 1. The van der Waals surface area contributed by atoms with Gasteiger partial charge in [0.15, 0.2) is 5.17 Å². The third-order valence-electron chi connectivity index (χ3n) is 4.47. The zero-order valence-electron chi connectivity index (χ0n) is 14.4. The van der Waals surface area contributed by atoms with E-state index in [1.807, 2.05) is 18.2 Å². The fourth-order valence-electron chi connectivity index (χ4n) is 3.08. The molecule has 0 aromatic heterocycles. The first-order valence-corrected chi connectivity index (χ1v) is 10.3. The largest absolute Gasteiger partial charge is 0.372 e. The van der Waals surface area contributed by atoms with E-state index in [1.165, 1.54) is 30.3 Å². The lowest BCUT2D eigenvalue weighted by Crippen LogP contribution is -2.19. The lowest BCUT2D eigenvalue weighted by atomic mass is 10.2. The van der Waals surface area contributed by atoms with Crippen LogP contribution in [0.1, 0.15) is 18.4 Å². The highest BCUT2D eigenvalue weighted by Crippen LogP contribution is 2.34. The molecule has 2 fully saturated rings. The Bertz CT molecular complexity index is 935. The average molecular weight is 418 g/mol. The standard InChI is InChI=1S/C20H17Cl2N3OS/c21-15-4-3-5-16(18(15)22)23-20-24-19(26)17(27-20)12-13-6-8-14(9-7-13)25-10-1-2-11-25/h3-9,12H,1-2,10-11H2,(H,23,24,26)/b17-12-. The van der Waals surface area contributed by atoms with Gasteiger partial charge in [-0.1, -0.05) is 41.4 Å². The monoisotopic (exact) mass is 417 g/mol. The van der Waals surface area contributed by atoms with Gasteiger partial charge in [0, 0.05) is 18.8 Å². The second-order valence-electron chi connectivity index (χ2n) is 6.34. The smallest absolute Gasteiger partial charge is 0.264 e. The van der Waals surface area contributed by atoms with Crippen molar-refractivity contribution in [2.24, 2.45) is 4.99 Å². The summed E-state index contributed by atoms with van der Waals surface area (Å²) in [7, 11) is 0. The molecule has 1 N–H and O–H groups in total. The molecule has 138 valence electrons. The molecule has 4 nitrogen and oxygen atoms in total. The van der Waals surface area contributed by atoms with Crippen molar-refractivity contribution in [1.29, 1.82) is 0 Å². The summed E-state index contributed by atoms with van der Waals surface area (Å²) in [5.74, 6) is -0.166. The Labute approximate surface area is 172 Å². The summed E-state index contributed by atoms with van der Waals surface area (Å²) in [4.78, 5) is 19.7. The molecule has 7 heteroatoms. The third kappa shape index (κ3) is 4.15. The van der Waals surface area contributed by atoms with Crippen molar-refractivity contribution in [2.45, 2.75) is 12.8 Å². The molecule has 2 saturated heterocycles. The number of aliphatic imine (C=N–C) groups is 1. The van der Waals surface area contributed by atoms with E-state index >= 15 is 0 Å². The maximum atomic E-state index is 12.3. The predicted octanol–water partition coefficient (Wildman–Crippen LogP) is 5.49. The van der Waals surface area contributed by atoms with Crippen molar-refractivity contribution < 1.29 is 4.79 Å². The van der Waals surface area contributed by atoms with Crippen LogP contribution in [0.4, 0.5) is 11.4 Å². The van der Waals surface area contributed by atoms with E-state index in [-0.39, 0.29) is 5.91 Å². The van der Waals surface area contributed by atoms with Crippen LogP contribution in [0.2, 0.25) is 10.0 Å². The minimum absolute atomic E-state index is 0.166. The number of amidine groups is 1. The van der Waals surface area contributed by atoms with Gasteiger partial charge in [0.1, 0.15) is 0 Å². The first-order chi connectivity index (χ1) is 13.1. The second kappa shape index (κ2) is 7.97. The van der Waals surface area contributed by atoms with Gasteiger partial charge in [-0.2, -0.15) is 0 Å². The highest BCUT2D eigenvalue weighted by molar-refractivity contribution is 8.18. The first-order valence-electron chi connectivity index (χ1n) is 8.69. The number of anilines is 1. The minimum Gasteiger partial charge on any atom is -0.372 e. The highest BCUT2D eigenvalue weighted by Gasteiger charge is 2.24. The Morgan fingerprint density at radius 2 is 1.81 bits per heavy atom. The second-order valence-corrected chi connectivity index (χ2v) is 8.16. The fourth-order valence-corrected chi connectivity index (χ4v) is 4.25. The first kappa shape index (κ1) is 18.4. The van der Waals surface area contributed by atoms with Crippen LogP contribution in [0.3, 0.4) is 0 Å². The molecule has 2 heterocycles. The zero-order valence-corrected chi connectivity index (χ0v) is 16.7. The summed E-state index contributed by atoms with van der Waals surface area (Å²) in [6.07, 6.45) is 4.37. The van der Waals surface area contributed by atoms with Crippen molar-refractivity contribution in [2.75, 3.05) is 18.0 Å². The van der Waals surface area contributed by atoms with Crippen molar-refractivity contribution in [3.63, 3.8) is 0 Å². The van der Waals surface area contributed by atoms with Crippen molar-refractivity contribution >= 4 is 63.5 Å². The lowest BCUT2D eigenvalue weighted by molar-refractivity contribution is -0.115. The predicted molar refractivity (Wildman–Crippen MR) is 115 cm³/mol. The van der Waals surface area contributed by atoms with Gasteiger partial charge in [-0.3, -0.25) is 4.79 Å². The van der Waals surface area contributed by atoms with Crippen LogP contribution in [-0.4, -0.2) is 24.2 Å². The van der Waals surface area contributed by atoms with E-state index in [0.29, 0.717) is 25.8 Å². The number of carbonyl (C=O) groups excluding carboxylic acids is 1. The van der Waals surface area contributed by atoms with Gasteiger partial charge in [0.25, 0.3) is 5.91 Å². The van der Waals surface area contributed by atoms with Gasteiger partial charge in [0.2, 0.25) is 0 Å². The Balaban J connectivity index is 1.52. The van der Waals surface area contributed by atoms with Crippen molar-refractivity contribution in [1.82, 2.24) is 5.32 Å². The number of thioether (sulfide) groups is 1. The zero-order chi connectivity index (χ0) is 18.8. The van der Waals surface area contributed by atoms with Gasteiger partial charge in [0.05, 0.1) is 20.6 Å².